The second-order valence-electron chi connectivity index (χ2n) is 5.88. The van der Waals surface area contributed by atoms with Crippen LogP contribution in [0.4, 0.5) is 0 Å². The maximum Gasteiger partial charge on any atom is 0.314 e. The number of sulfonamides is 1. The van der Waals surface area contributed by atoms with Gasteiger partial charge in [0.1, 0.15) is 0 Å². The highest BCUT2D eigenvalue weighted by Crippen LogP contribution is 2.48. The van der Waals surface area contributed by atoms with Gasteiger partial charge in [-0.1, -0.05) is 18.6 Å². The maximum absolute atomic E-state index is 12.5. The lowest BCUT2D eigenvalue weighted by Crippen LogP contribution is -2.35. The Morgan fingerprint density at radius 3 is 2.10 bits per heavy atom. The number of benzene rings is 1. The molecule has 1 aliphatic carbocycles. The van der Waals surface area contributed by atoms with E-state index in [-0.39, 0.29) is 4.90 Å². The summed E-state index contributed by atoms with van der Waals surface area (Å²) in [6.45, 7) is 1.15. The van der Waals surface area contributed by atoms with Gasteiger partial charge in [-0.3, -0.25) is 4.79 Å². The number of aliphatic carboxylic acids is 1. The Labute approximate surface area is 124 Å². The summed E-state index contributed by atoms with van der Waals surface area (Å²) in [6, 6.07) is 6.39. The summed E-state index contributed by atoms with van der Waals surface area (Å²) in [5.41, 5.74) is -0.0828. The van der Waals surface area contributed by atoms with Crippen molar-refractivity contribution < 1.29 is 18.3 Å². The summed E-state index contributed by atoms with van der Waals surface area (Å²) >= 11 is 0. The van der Waals surface area contributed by atoms with Crippen LogP contribution >= 0.6 is 0 Å². The van der Waals surface area contributed by atoms with Crippen molar-refractivity contribution in [2.75, 3.05) is 13.1 Å². The van der Waals surface area contributed by atoms with E-state index in [2.05, 4.69) is 0 Å². The first-order valence-corrected chi connectivity index (χ1v) is 8.75. The molecule has 1 aromatic rings. The van der Waals surface area contributed by atoms with Crippen LogP contribution in [0.5, 0.6) is 0 Å². The zero-order chi connectivity index (χ0) is 15.1. The first kappa shape index (κ1) is 14.5. The number of carboxylic acids is 1. The van der Waals surface area contributed by atoms with Gasteiger partial charge in [-0.2, -0.15) is 4.31 Å². The van der Waals surface area contributed by atoms with Gasteiger partial charge in [0.05, 0.1) is 10.3 Å². The molecule has 0 amide bonds. The van der Waals surface area contributed by atoms with Gasteiger partial charge in [0.25, 0.3) is 0 Å². The second-order valence-corrected chi connectivity index (χ2v) is 7.81. The predicted octanol–water partition coefficient (Wildman–Crippen LogP) is 1.98. The minimum atomic E-state index is -3.44. The molecule has 0 radical (unpaired) electrons. The summed E-state index contributed by atoms with van der Waals surface area (Å²) in [4.78, 5) is 11.5. The molecule has 0 aromatic heterocycles. The van der Waals surface area contributed by atoms with E-state index in [4.69, 9.17) is 0 Å². The Morgan fingerprint density at radius 2 is 1.62 bits per heavy atom. The van der Waals surface area contributed by atoms with Crippen LogP contribution in [-0.4, -0.2) is 36.9 Å². The smallest absolute Gasteiger partial charge is 0.314 e. The molecule has 2 aliphatic rings. The molecule has 0 bridgehead atoms. The topological polar surface area (TPSA) is 74.7 Å². The van der Waals surface area contributed by atoms with Crippen molar-refractivity contribution in [1.29, 1.82) is 0 Å². The van der Waals surface area contributed by atoms with Crippen LogP contribution in [0.1, 0.15) is 37.7 Å². The molecule has 1 N–H and O–H groups in total. The van der Waals surface area contributed by atoms with Crippen LogP contribution in [0.2, 0.25) is 0 Å². The number of nitrogens with zero attached hydrogens (tertiary/aromatic N) is 1. The lowest BCUT2D eigenvalue weighted by Gasteiger charge is -2.26. The Balaban J connectivity index is 1.85. The fourth-order valence-electron chi connectivity index (χ4n) is 2.95. The quantitative estimate of drug-likeness (QED) is 0.923. The van der Waals surface area contributed by atoms with Crippen LogP contribution in [0, 0.1) is 0 Å². The van der Waals surface area contributed by atoms with E-state index in [0.717, 1.165) is 19.3 Å². The average Bonchev–Trinajstić information content (AvgIpc) is 3.30. The number of carbonyl (C=O) groups is 1. The van der Waals surface area contributed by atoms with Gasteiger partial charge < -0.3 is 5.11 Å². The molecule has 1 heterocycles. The van der Waals surface area contributed by atoms with Crippen LogP contribution in [0.15, 0.2) is 29.2 Å². The number of piperidine rings is 1. The largest absolute Gasteiger partial charge is 0.481 e. The van der Waals surface area contributed by atoms with Crippen LogP contribution in [0.25, 0.3) is 0 Å². The number of rotatable bonds is 4. The monoisotopic (exact) mass is 309 g/mol. The molecule has 2 fully saturated rings. The summed E-state index contributed by atoms with van der Waals surface area (Å²) in [6.07, 6.45) is 4.13. The number of hydrogen-bond donors (Lipinski definition) is 1. The van der Waals surface area contributed by atoms with Gasteiger partial charge >= 0.3 is 5.97 Å². The standard InChI is InChI=1S/C15H19NO4S/c17-14(18)15(8-9-15)12-4-6-13(7-5-12)21(19,20)16-10-2-1-3-11-16/h4-7H,1-3,8-11H2,(H,17,18). The molecular weight excluding hydrogens is 290 g/mol. The molecule has 0 unspecified atom stereocenters. The van der Waals surface area contributed by atoms with E-state index in [1.807, 2.05) is 0 Å². The summed E-state index contributed by atoms with van der Waals surface area (Å²) in [7, 11) is -3.44. The highest BCUT2D eigenvalue weighted by atomic mass is 32.2. The lowest BCUT2D eigenvalue weighted by molar-refractivity contribution is -0.140. The molecule has 1 aliphatic heterocycles. The molecular formula is C15H19NO4S. The van der Waals surface area contributed by atoms with Crippen molar-refractivity contribution in [2.45, 2.75) is 42.4 Å². The third-order valence-corrected chi connectivity index (χ3v) is 6.43. The maximum atomic E-state index is 12.5. The Bertz CT molecular complexity index is 641. The van der Waals surface area contributed by atoms with Crippen molar-refractivity contribution in [1.82, 2.24) is 4.31 Å². The van der Waals surface area contributed by atoms with Gasteiger partial charge in [0.15, 0.2) is 0 Å². The highest BCUT2D eigenvalue weighted by Gasteiger charge is 2.51. The van der Waals surface area contributed by atoms with Crippen molar-refractivity contribution in [3.05, 3.63) is 29.8 Å². The third-order valence-electron chi connectivity index (χ3n) is 4.52. The fraction of sp³-hybridized carbons (Fsp3) is 0.533. The van der Waals surface area contributed by atoms with E-state index >= 15 is 0 Å². The number of hydrogen-bond acceptors (Lipinski definition) is 3. The van der Waals surface area contributed by atoms with Crippen LogP contribution in [0.3, 0.4) is 0 Å². The minimum Gasteiger partial charge on any atom is -0.481 e. The number of carboxylic acid groups (broad SMARTS) is 1. The van der Waals surface area contributed by atoms with E-state index in [9.17, 15) is 18.3 Å². The molecule has 1 saturated carbocycles. The summed E-state index contributed by atoms with van der Waals surface area (Å²) < 4.78 is 26.5. The minimum absolute atomic E-state index is 0.259. The van der Waals surface area contributed by atoms with Gasteiger partial charge in [0, 0.05) is 13.1 Å². The summed E-state index contributed by atoms with van der Waals surface area (Å²) in [5, 5.41) is 9.26. The molecule has 0 atom stereocenters. The second kappa shape index (κ2) is 5.10. The van der Waals surface area contributed by atoms with Gasteiger partial charge in [-0.15, -0.1) is 0 Å². The first-order chi connectivity index (χ1) is 9.97. The molecule has 3 rings (SSSR count). The van der Waals surface area contributed by atoms with Crippen molar-refractivity contribution in [3.63, 3.8) is 0 Å². The third kappa shape index (κ3) is 2.46. The normalized spacial score (nSPS) is 21.9. The molecule has 1 saturated heterocycles. The fourth-order valence-corrected chi connectivity index (χ4v) is 4.47. The van der Waals surface area contributed by atoms with Crippen molar-refractivity contribution in [3.8, 4) is 0 Å². The lowest BCUT2D eigenvalue weighted by atomic mass is 9.96. The average molecular weight is 309 g/mol. The Hall–Kier alpha value is -1.40. The molecule has 6 heteroatoms. The van der Waals surface area contributed by atoms with E-state index in [1.165, 1.54) is 4.31 Å². The van der Waals surface area contributed by atoms with Crippen LogP contribution < -0.4 is 0 Å². The van der Waals surface area contributed by atoms with Crippen LogP contribution in [-0.2, 0) is 20.2 Å². The summed E-state index contributed by atoms with van der Waals surface area (Å²) in [5.74, 6) is -0.825. The van der Waals surface area contributed by atoms with Gasteiger partial charge in [0.2, 0.25) is 10.0 Å². The first-order valence-electron chi connectivity index (χ1n) is 7.31. The van der Waals surface area contributed by atoms with Gasteiger partial charge in [-0.05, 0) is 43.4 Å². The zero-order valence-corrected chi connectivity index (χ0v) is 12.6. The van der Waals surface area contributed by atoms with E-state index < -0.39 is 21.4 Å². The molecule has 114 valence electrons. The van der Waals surface area contributed by atoms with E-state index in [0.29, 0.717) is 31.5 Å². The Kier molecular flexibility index (Phi) is 3.53. The highest BCUT2D eigenvalue weighted by molar-refractivity contribution is 7.89. The predicted molar refractivity (Wildman–Crippen MR) is 77.6 cm³/mol. The van der Waals surface area contributed by atoms with Crippen molar-refractivity contribution in [2.24, 2.45) is 0 Å². The molecule has 0 spiro atoms. The molecule has 1 aromatic carbocycles. The van der Waals surface area contributed by atoms with E-state index in [1.54, 1.807) is 24.3 Å². The SMILES string of the molecule is O=C(O)C1(c2ccc(S(=O)(=O)N3CCCCC3)cc2)CC1. The Morgan fingerprint density at radius 1 is 1.05 bits per heavy atom. The zero-order valence-electron chi connectivity index (χ0n) is 11.8. The molecule has 21 heavy (non-hydrogen) atoms. The van der Waals surface area contributed by atoms with Gasteiger partial charge in [-0.25, -0.2) is 8.42 Å². The van der Waals surface area contributed by atoms with Crippen molar-refractivity contribution >= 4 is 16.0 Å². The molecule has 5 nitrogen and oxygen atoms in total.